The Labute approximate surface area is 149 Å². The van der Waals surface area contributed by atoms with Gasteiger partial charge in [-0.2, -0.15) is 0 Å². The fourth-order valence-corrected chi connectivity index (χ4v) is 2.33. The number of hydrogen-bond acceptors (Lipinski definition) is 3. The quantitative estimate of drug-likeness (QED) is 0.763. The van der Waals surface area contributed by atoms with Gasteiger partial charge in [-0.3, -0.25) is 9.59 Å². The maximum absolute atomic E-state index is 11.9. The Hall–Kier alpha value is -2.34. The fourth-order valence-electron chi connectivity index (χ4n) is 2.06. The molecule has 0 saturated carbocycles. The third-order valence-electron chi connectivity index (χ3n) is 3.37. The third-order valence-corrected chi connectivity index (χ3v) is 3.90. The second kappa shape index (κ2) is 9.08. The van der Waals surface area contributed by atoms with Crippen LogP contribution in [0.4, 0.5) is 0 Å². The summed E-state index contributed by atoms with van der Waals surface area (Å²) in [6.07, 6.45) is 0.228. The van der Waals surface area contributed by atoms with E-state index in [1.165, 1.54) is 0 Å². The van der Waals surface area contributed by atoms with E-state index in [0.717, 1.165) is 15.8 Å². The number of halogens is 1. The summed E-state index contributed by atoms with van der Waals surface area (Å²) in [7, 11) is 1.60. The molecule has 0 saturated heterocycles. The lowest BCUT2D eigenvalue weighted by molar-refractivity contribution is -0.121. The van der Waals surface area contributed by atoms with Crippen LogP contribution in [0.2, 0.25) is 0 Å². The molecule has 6 heteroatoms. The molecule has 0 fully saturated rings. The molecule has 0 bridgehead atoms. The Morgan fingerprint density at radius 1 is 1.08 bits per heavy atom. The van der Waals surface area contributed by atoms with Gasteiger partial charge in [0.1, 0.15) is 5.75 Å². The van der Waals surface area contributed by atoms with Crippen molar-refractivity contribution in [2.24, 2.45) is 0 Å². The van der Waals surface area contributed by atoms with E-state index in [1.54, 1.807) is 31.4 Å². The van der Waals surface area contributed by atoms with E-state index in [9.17, 15) is 9.59 Å². The van der Waals surface area contributed by atoms with E-state index in [1.807, 2.05) is 24.3 Å². The first-order valence-corrected chi connectivity index (χ1v) is 8.31. The highest BCUT2D eigenvalue weighted by molar-refractivity contribution is 9.10. The molecule has 0 unspecified atom stereocenters. The van der Waals surface area contributed by atoms with Gasteiger partial charge in [-0.1, -0.05) is 28.1 Å². The van der Waals surface area contributed by atoms with Crippen molar-refractivity contribution < 1.29 is 14.3 Å². The van der Waals surface area contributed by atoms with Crippen LogP contribution in [0, 0.1) is 0 Å². The van der Waals surface area contributed by atoms with Crippen LogP contribution in [0.5, 0.6) is 5.75 Å². The van der Waals surface area contributed by atoms with Crippen LogP contribution in [0.3, 0.4) is 0 Å². The van der Waals surface area contributed by atoms with E-state index < -0.39 is 0 Å². The number of benzene rings is 2. The molecule has 0 heterocycles. The lowest BCUT2D eigenvalue weighted by Gasteiger charge is -2.08. The van der Waals surface area contributed by atoms with Crippen molar-refractivity contribution in [3.05, 3.63) is 64.1 Å². The van der Waals surface area contributed by atoms with Crippen molar-refractivity contribution in [1.29, 1.82) is 0 Å². The van der Waals surface area contributed by atoms with Gasteiger partial charge < -0.3 is 15.4 Å². The molecule has 2 amide bonds. The van der Waals surface area contributed by atoms with Crippen LogP contribution in [0.15, 0.2) is 53.0 Å². The molecule has 2 aromatic carbocycles. The van der Waals surface area contributed by atoms with E-state index in [4.69, 9.17) is 4.74 Å². The van der Waals surface area contributed by atoms with Gasteiger partial charge in [-0.05, 0) is 42.0 Å². The standard InChI is InChI=1S/C18H19BrN2O3/c1-24-16-4-2-3-13(11-16)12-21-17(22)9-10-20-18(23)14-5-7-15(19)8-6-14/h2-8,11H,9-10,12H2,1H3,(H,20,23)(H,21,22). The normalized spacial score (nSPS) is 10.1. The van der Waals surface area contributed by atoms with E-state index in [0.29, 0.717) is 18.7 Å². The van der Waals surface area contributed by atoms with Crippen LogP contribution in [-0.2, 0) is 11.3 Å². The molecule has 0 aliphatic heterocycles. The number of rotatable bonds is 7. The number of nitrogens with one attached hydrogen (secondary N) is 2. The molecule has 0 radical (unpaired) electrons. The van der Waals surface area contributed by atoms with Crippen molar-refractivity contribution in [1.82, 2.24) is 10.6 Å². The topological polar surface area (TPSA) is 67.4 Å². The van der Waals surface area contributed by atoms with Gasteiger partial charge >= 0.3 is 0 Å². The molecular formula is C18H19BrN2O3. The highest BCUT2D eigenvalue weighted by Gasteiger charge is 2.06. The average Bonchev–Trinajstić information content (AvgIpc) is 2.60. The number of carbonyl (C=O) groups is 2. The lowest BCUT2D eigenvalue weighted by atomic mass is 10.2. The van der Waals surface area contributed by atoms with Gasteiger partial charge in [-0.25, -0.2) is 0 Å². The maximum atomic E-state index is 11.9. The summed E-state index contributed by atoms with van der Waals surface area (Å²) in [4.78, 5) is 23.7. The van der Waals surface area contributed by atoms with Crippen LogP contribution >= 0.6 is 15.9 Å². The summed E-state index contributed by atoms with van der Waals surface area (Å²) in [6.45, 7) is 0.718. The summed E-state index contributed by atoms with van der Waals surface area (Å²) in [6, 6.07) is 14.6. The molecule has 126 valence electrons. The predicted octanol–water partition coefficient (Wildman–Crippen LogP) is 2.89. The predicted molar refractivity (Wildman–Crippen MR) is 95.9 cm³/mol. The molecule has 0 aromatic heterocycles. The highest BCUT2D eigenvalue weighted by atomic mass is 79.9. The van der Waals surface area contributed by atoms with Crippen molar-refractivity contribution in [3.8, 4) is 5.75 Å². The summed E-state index contributed by atoms with van der Waals surface area (Å²) in [5.41, 5.74) is 1.52. The van der Waals surface area contributed by atoms with Crippen molar-refractivity contribution in [2.75, 3.05) is 13.7 Å². The number of ether oxygens (including phenoxy) is 1. The summed E-state index contributed by atoms with van der Waals surface area (Å²) in [5.74, 6) is 0.445. The van der Waals surface area contributed by atoms with Gasteiger partial charge in [-0.15, -0.1) is 0 Å². The second-order valence-electron chi connectivity index (χ2n) is 5.14. The molecule has 0 aliphatic carbocycles. The van der Waals surface area contributed by atoms with Crippen LogP contribution in [0.25, 0.3) is 0 Å². The van der Waals surface area contributed by atoms with Crippen molar-refractivity contribution >= 4 is 27.7 Å². The fraction of sp³-hybridized carbons (Fsp3) is 0.222. The minimum absolute atomic E-state index is 0.117. The first kappa shape index (κ1) is 18.0. The van der Waals surface area contributed by atoms with Gasteiger partial charge in [0.15, 0.2) is 0 Å². The Balaban J connectivity index is 1.71. The lowest BCUT2D eigenvalue weighted by Crippen LogP contribution is -2.30. The number of methoxy groups -OCH3 is 1. The van der Waals surface area contributed by atoms with Crippen LogP contribution < -0.4 is 15.4 Å². The summed E-state index contributed by atoms with van der Waals surface area (Å²) in [5, 5.41) is 5.55. The summed E-state index contributed by atoms with van der Waals surface area (Å²) < 4.78 is 6.05. The first-order chi connectivity index (χ1) is 11.6. The Bertz CT molecular complexity index is 702. The molecular weight excluding hydrogens is 372 g/mol. The molecule has 2 aromatic rings. The minimum Gasteiger partial charge on any atom is -0.497 e. The molecule has 0 atom stereocenters. The number of carbonyl (C=O) groups excluding carboxylic acids is 2. The second-order valence-corrected chi connectivity index (χ2v) is 6.06. The average molecular weight is 391 g/mol. The molecule has 2 N–H and O–H groups in total. The van der Waals surface area contributed by atoms with Crippen molar-refractivity contribution in [2.45, 2.75) is 13.0 Å². The van der Waals surface area contributed by atoms with Crippen LogP contribution in [0.1, 0.15) is 22.3 Å². The monoisotopic (exact) mass is 390 g/mol. The molecule has 5 nitrogen and oxygen atoms in total. The molecule has 2 rings (SSSR count). The largest absolute Gasteiger partial charge is 0.497 e. The third kappa shape index (κ3) is 5.70. The van der Waals surface area contributed by atoms with E-state index in [2.05, 4.69) is 26.6 Å². The number of hydrogen-bond donors (Lipinski definition) is 2. The van der Waals surface area contributed by atoms with Gasteiger partial charge in [0.2, 0.25) is 5.91 Å². The smallest absolute Gasteiger partial charge is 0.251 e. The van der Waals surface area contributed by atoms with Gasteiger partial charge in [0.05, 0.1) is 7.11 Å². The highest BCUT2D eigenvalue weighted by Crippen LogP contribution is 2.12. The zero-order chi connectivity index (χ0) is 17.4. The molecule has 0 spiro atoms. The Morgan fingerprint density at radius 3 is 2.54 bits per heavy atom. The zero-order valence-corrected chi connectivity index (χ0v) is 14.9. The zero-order valence-electron chi connectivity index (χ0n) is 13.3. The van der Waals surface area contributed by atoms with E-state index >= 15 is 0 Å². The number of amides is 2. The first-order valence-electron chi connectivity index (χ1n) is 7.52. The SMILES string of the molecule is COc1cccc(CNC(=O)CCNC(=O)c2ccc(Br)cc2)c1. The summed E-state index contributed by atoms with van der Waals surface area (Å²) >= 11 is 3.32. The molecule has 24 heavy (non-hydrogen) atoms. The Morgan fingerprint density at radius 2 is 1.83 bits per heavy atom. The van der Waals surface area contributed by atoms with Crippen molar-refractivity contribution in [3.63, 3.8) is 0 Å². The molecule has 0 aliphatic rings. The van der Waals surface area contributed by atoms with E-state index in [-0.39, 0.29) is 18.2 Å². The van der Waals surface area contributed by atoms with Gasteiger partial charge in [0, 0.05) is 29.5 Å². The van der Waals surface area contributed by atoms with Gasteiger partial charge in [0.25, 0.3) is 5.91 Å². The maximum Gasteiger partial charge on any atom is 0.251 e. The van der Waals surface area contributed by atoms with Crippen LogP contribution in [-0.4, -0.2) is 25.5 Å². The Kier molecular flexibility index (Phi) is 6.81. The minimum atomic E-state index is -0.192.